The van der Waals surface area contributed by atoms with Crippen LogP contribution in [0, 0.1) is 0 Å². The highest BCUT2D eigenvalue weighted by Gasteiger charge is 2.23. The van der Waals surface area contributed by atoms with Crippen molar-refractivity contribution in [2.24, 2.45) is 5.73 Å². The van der Waals surface area contributed by atoms with Gasteiger partial charge in [0.1, 0.15) is 18.6 Å². The topological polar surface area (TPSA) is 188 Å². The first-order valence-electron chi connectivity index (χ1n) is 8.90. The molecule has 11 nitrogen and oxygen atoms in total. The number of carboxylic acids is 2. The van der Waals surface area contributed by atoms with Crippen LogP contribution in [0.15, 0.2) is 30.3 Å². The summed E-state index contributed by atoms with van der Waals surface area (Å²) in [6.45, 7) is -0.373. The highest BCUT2D eigenvalue weighted by Crippen LogP contribution is 2.07. The highest BCUT2D eigenvalue weighted by molar-refractivity contribution is 8.13. The van der Waals surface area contributed by atoms with Crippen molar-refractivity contribution < 1.29 is 34.2 Å². The minimum atomic E-state index is -1.27. The molecule has 0 aliphatic rings. The van der Waals surface area contributed by atoms with Gasteiger partial charge in [-0.25, -0.2) is 0 Å². The van der Waals surface area contributed by atoms with Gasteiger partial charge in [0.05, 0.1) is 0 Å². The summed E-state index contributed by atoms with van der Waals surface area (Å²) in [4.78, 5) is 57.5. The van der Waals surface area contributed by atoms with Crippen LogP contribution >= 0.6 is 11.8 Å². The Kier molecular flexibility index (Phi) is 10.9. The maximum Gasteiger partial charge on any atom is 0.322 e. The van der Waals surface area contributed by atoms with Crippen LogP contribution < -0.4 is 21.7 Å². The van der Waals surface area contributed by atoms with E-state index in [1.165, 1.54) is 0 Å². The molecular weight excluding hydrogens is 416 g/mol. The van der Waals surface area contributed by atoms with E-state index in [2.05, 4.69) is 16.0 Å². The number of aliphatic carboxylic acids is 2. The van der Waals surface area contributed by atoms with Gasteiger partial charge in [0, 0.05) is 18.7 Å². The summed E-state index contributed by atoms with van der Waals surface area (Å²) in [5.74, 6) is -4.11. The Bertz CT molecular complexity index is 760. The number of thioether (sulfide) groups is 1. The van der Waals surface area contributed by atoms with Gasteiger partial charge in [0.2, 0.25) is 11.8 Å². The lowest BCUT2D eigenvalue weighted by atomic mass is 10.1. The average molecular weight is 440 g/mol. The van der Waals surface area contributed by atoms with Gasteiger partial charge in [-0.05, 0) is 12.0 Å². The zero-order chi connectivity index (χ0) is 22.5. The van der Waals surface area contributed by atoms with Gasteiger partial charge in [-0.2, -0.15) is 0 Å². The fourth-order valence-corrected chi connectivity index (χ4v) is 2.85. The molecule has 7 N–H and O–H groups in total. The van der Waals surface area contributed by atoms with Crippen LogP contribution in [0.1, 0.15) is 18.4 Å². The first kappa shape index (κ1) is 24.9. The van der Waals surface area contributed by atoms with Crippen molar-refractivity contribution >= 4 is 40.8 Å². The van der Waals surface area contributed by atoms with E-state index in [-0.39, 0.29) is 25.1 Å². The monoisotopic (exact) mass is 440 g/mol. The first-order valence-corrected chi connectivity index (χ1v) is 9.89. The fourth-order valence-electron chi connectivity index (χ4n) is 2.13. The van der Waals surface area contributed by atoms with E-state index in [4.69, 9.17) is 15.9 Å². The number of rotatable bonds is 12. The third-order valence-electron chi connectivity index (χ3n) is 3.73. The van der Waals surface area contributed by atoms with Crippen LogP contribution in [0.25, 0.3) is 0 Å². The number of hydrogen-bond acceptors (Lipinski definition) is 7. The number of nitrogens with two attached hydrogens (primary N) is 1. The predicted molar refractivity (Wildman–Crippen MR) is 109 cm³/mol. The number of amides is 3. The van der Waals surface area contributed by atoms with Crippen LogP contribution in [-0.4, -0.2) is 63.6 Å². The Balaban J connectivity index is 2.58. The smallest absolute Gasteiger partial charge is 0.322 e. The average Bonchev–Trinajstić information content (AvgIpc) is 2.72. The summed E-state index contributed by atoms with van der Waals surface area (Å²) in [6.07, 6.45) is -0.392. The van der Waals surface area contributed by atoms with Gasteiger partial charge in [-0.3, -0.25) is 24.0 Å². The number of benzene rings is 1. The molecule has 0 fully saturated rings. The molecule has 0 aromatic heterocycles. The summed E-state index contributed by atoms with van der Waals surface area (Å²) >= 11 is 0.746. The number of carbonyl (C=O) groups is 5. The van der Waals surface area contributed by atoms with Gasteiger partial charge in [-0.15, -0.1) is 0 Å². The van der Waals surface area contributed by atoms with E-state index < -0.39 is 47.6 Å². The normalized spacial score (nSPS) is 12.3. The molecule has 0 spiro atoms. The van der Waals surface area contributed by atoms with Crippen LogP contribution in [0.4, 0.5) is 4.79 Å². The van der Waals surface area contributed by atoms with E-state index in [9.17, 15) is 24.0 Å². The van der Waals surface area contributed by atoms with Gasteiger partial charge in [0.15, 0.2) is 0 Å². The third-order valence-corrected chi connectivity index (χ3v) is 4.63. The molecular formula is C18H24N4O7S. The largest absolute Gasteiger partial charge is 0.480 e. The molecule has 1 rings (SSSR count). The second-order valence-electron chi connectivity index (χ2n) is 6.15. The van der Waals surface area contributed by atoms with E-state index >= 15 is 0 Å². The maximum absolute atomic E-state index is 12.2. The van der Waals surface area contributed by atoms with Crippen LogP contribution in [0.5, 0.6) is 0 Å². The van der Waals surface area contributed by atoms with Crippen molar-refractivity contribution in [2.45, 2.75) is 31.5 Å². The molecule has 2 atom stereocenters. The molecule has 2 unspecified atom stereocenters. The Labute approximate surface area is 176 Å². The standard InChI is InChI=1S/C18H24N4O7S/c19-12(17(27)28)6-7-14(23)22-13(16(26)20-9-15(24)25)10-30-18(29)21-8-11-4-2-1-3-5-11/h1-5,12-13H,6-10,19H2,(H,20,26)(H,21,29)(H,22,23)(H,24,25)(H,27,28). The molecule has 0 saturated heterocycles. The zero-order valence-electron chi connectivity index (χ0n) is 16.0. The van der Waals surface area contributed by atoms with Crippen molar-refractivity contribution in [3.05, 3.63) is 35.9 Å². The summed E-state index contributed by atoms with van der Waals surface area (Å²) in [7, 11) is 0. The molecule has 1 aromatic rings. The number of nitrogens with one attached hydrogen (secondary N) is 3. The Morgan fingerprint density at radius 3 is 2.30 bits per heavy atom. The van der Waals surface area contributed by atoms with E-state index in [1.807, 2.05) is 30.3 Å². The second kappa shape index (κ2) is 13.2. The number of carboxylic acid groups (broad SMARTS) is 2. The summed E-state index contributed by atoms with van der Waals surface area (Å²) in [5.41, 5.74) is 6.21. The van der Waals surface area contributed by atoms with E-state index in [1.54, 1.807) is 0 Å². The molecule has 1 aromatic carbocycles. The summed E-state index contributed by atoms with van der Waals surface area (Å²) < 4.78 is 0. The molecule has 0 saturated carbocycles. The van der Waals surface area contributed by atoms with Crippen molar-refractivity contribution in [3.63, 3.8) is 0 Å². The lowest BCUT2D eigenvalue weighted by Gasteiger charge is -2.18. The minimum Gasteiger partial charge on any atom is -0.480 e. The van der Waals surface area contributed by atoms with Crippen molar-refractivity contribution in [1.29, 1.82) is 0 Å². The van der Waals surface area contributed by atoms with Crippen LogP contribution in [0.3, 0.4) is 0 Å². The molecule has 0 radical (unpaired) electrons. The lowest BCUT2D eigenvalue weighted by molar-refractivity contribution is -0.139. The molecule has 30 heavy (non-hydrogen) atoms. The molecule has 0 bridgehead atoms. The van der Waals surface area contributed by atoms with Gasteiger partial charge in [-0.1, -0.05) is 42.1 Å². The van der Waals surface area contributed by atoms with Crippen molar-refractivity contribution in [2.75, 3.05) is 12.3 Å². The summed E-state index contributed by atoms with van der Waals surface area (Å²) in [5, 5.41) is 24.1. The number of carbonyl (C=O) groups excluding carboxylic acids is 3. The van der Waals surface area contributed by atoms with Gasteiger partial charge in [0.25, 0.3) is 5.24 Å². The maximum atomic E-state index is 12.2. The summed E-state index contributed by atoms with van der Waals surface area (Å²) in [6, 6.07) is 6.72. The quantitative estimate of drug-likeness (QED) is 0.249. The van der Waals surface area contributed by atoms with E-state index in [0.29, 0.717) is 0 Å². The van der Waals surface area contributed by atoms with Crippen LogP contribution in [0.2, 0.25) is 0 Å². The fraction of sp³-hybridized carbons (Fsp3) is 0.389. The Hall–Kier alpha value is -3.12. The second-order valence-corrected chi connectivity index (χ2v) is 7.15. The molecule has 164 valence electrons. The Morgan fingerprint density at radius 2 is 1.70 bits per heavy atom. The number of hydrogen-bond donors (Lipinski definition) is 6. The molecule has 0 aliphatic carbocycles. The highest BCUT2D eigenvalue weighted by atomic mass is 32.2. The van der Waals surface area contributed by atoms with E-state index in [0.717, 1.165) is 17.3 Å². The molecule has 0 aliphatic heterocycles. The van der Waals surface area contributed by atoms with Gasteiger partial charge < -0.3 is 31.9 Å². The predicted octanol–water partition coefficient (Wildman–Crippen LogP) is -0.493. The SMILES string of the molecule is NC(CCC(=O)NC(CSC(=O)NCc1ccccc1)C(=O)NCC(=O)O)C(=O)O. The minimum absolute atomic E-state index is 0.144. The first-order chi connectivity index (χ1) is 14.2. The van der Waals surface area contributed by atoms with Crippen molar-refractivity contribution in [1.82, 2.24) is 16.0 Å². The van der Waals surface area contributed by atoms with Crippen LogP contribution in [-0.2, 0) is 25.7 Å². The zero-order valence-corrected chi connectivity index (χ0v) is 16.8. The van der Waals surface area contributed by atoms with Gasteiger partial charge >= 0.3 is 11.9 Å². The molecule has 0 heterocycles. The molecule has 12 heteroatoms. The molecule has 3 amide bonds. The van der Waals surface area contributed by atoms with Crippen molar-refractivity contribution in [3.8, 4) is 0 Å². The lowest BCUT2D eigenvalue weighted by Crippen LogP contribution is -2.49. The Morgan fingerprint density at radius 1 is 1.03 bits per heavy atom. The third kappa shape index (κ3) is 10.4.